The van der Waals surface area contributed by atoms with Crippen molar-refractivity contribution in [3.8, 4) is 6.07 Å². The minimum Gasteiger partial charge on any atom is -0.371 e. The molecule has 0 saturated carbocycles. The summed E-state index contributed by atoms with van der Waals surface area (Å²) >= 11 is 6.52. The van der Waals surface area contributed by atoms with Crippen LogP contribution in [0, 0.1) is 17.2 Å². The third kappa shape index (κ3) is 5.01. The second-order valence-electron chi connectivity index (χ2n) is 10.3. The molecule has 3 aromatic rings. The number of aromatic amines is 1. The molecule has 7 nitrogen and oxygen atoms in total. The number of hydrogen-bond acceptors (Lipinski definition) is 5. The standard InChI is InChI=1S/C30H32ClN5O2/c1-19(2)25-17-33-29-27(6-5-26(31)28(25)29)36-13-9-22(10-14-36)34-30(38)24-4-3-23(15-21(24)16-32)35-11-7-20(18-37)8-12-35/h3-6,15,17-18,20,22,33H,1,7-14H2,2H3,(H,34,38). The van der Waals surface area contributed by atoms with Crippen LogP contribution in [0.25, 0.3) is 16.5 Å². The molecule has 38 heavy (non-hydrogen) atoms. The van der Waals surface area contributed by atoms with Gasteiger partial charge in [-0.25, -0.2) is 0 Å². The molecule has 0 atom stereocenters. The number of piperidine rings is 2. The van der Waals surface area contributed by atoms with Crippen molar-refractivity contribution in [2.75, 3.05) is 36.0 Å². The smallest absolute Gasteiger partial charge is 0.252 e. The van der Waals surface area contributed by atoms with Crippen molar-refractivity contribution in [2.24, 2.45) is 5.92 Å². The highest BCUT2D eigenvalue weighted by molar-refractivity contribution is 6.36. The maximum Gasteiger partial charge on any atom is 0.252 e. The maximum atomic E-state index is 13.1. The molecule has 0 aliphatic carbocycles. The molecule has 0 radical (unpaired) electrons. The van der Waals surface area contributed by atoms with Gasteiger partial charge in [0.25, 0.3) is 5.91 Å². The van der Waals surface area contributed by atoms with Crippen LogP contribution in [0.2, 0.25) is 5.02 Å². The number of H-pyrrole nitrogens is 1. The van der Waals surface area contributed by atoms with E-state index in [-0.39, 0.29) is 17.9 Å². The molecule has 0 bridgehead atoms. The van der Waals surface area contributed by atoms with Crippen molar-refractivity contribution in [1.29, 1.82) is 5.26 Å². The topological polar surface area (TPSA) is 92.2 Å². The van der Waals surface area contributed by atoms with Crippen LogP contribution in [0.5, 0.6) is 0 Å². The zero-order chi connectivity index (χ0) is 26.8. The summed E-state index contributed by atoms with van der Waals surface area (Å²) in [6.45, 7) is 9.19. The van der Waals surface area contributed by atoms with Crippen molar-refractivity contribution in [1.82, 2.24) is 10.3 Å². The first-order valence-corrected chi connectivity index (χ1v) is 13.5. The molecule has 0 unspecified atom stereocenters. The average molecular weight is 530 g/mol. The lowest BCUT2D eigenvalue weighted by atomic mass is 9.97. The molecular weight excluding hydrogens is 498 g/mol. The van der Waals surface area contributed by atoms with Gasteiger partial charge >= 0.3 is 0 Å². The van der Waals surface area contributed by atoms with Gasteiger partial charge in [-0.05, 0) is 68.5 Å². The number of halogens is 1. The fraction of sp³-hybridized carbons (Fsp3) is 0.367. The maximum absolute atomic E-state index is 13.1. The highest BCUT2D eigenvalue weighted by atomic mass is 35.5. The summed E-state index contributed by atoms with van der Waals surface area (Å²) in [7, 11) is 0. The van der Waals surface area contributed by atoms with E-state index in [4.69, 9.17) is 11.6 Å². The minimum atomic E-state index is -0.212. The van der Waals surface area contributed by atoms with Gasteiger partial charge in [0.2, 0.25) is 0 Å². The van der Waals surface area contributed by atoms with Gasteiger partial charge in [-0.15, -0.1) is 0 Å². The molecule has 196 valence electrons. The second-order valence-corrected chi connectivity index (χ2v) is 10.7. The van der Waals surface area contributed by atoms with Crippen LogP contribution in [0.15, 0.2) is 43.1 Å². The number of amides is 1. The fourth-order valence-electron chi connectivity index (χ4n) is 5.63. The number of fused-ring (bicyclic) bond motifs is 1. The number of aldehydes is 1. The van der Waals surface area contributed by atoms with Gasteiger partial charge in [0, 0.05) is 61.0 Å². The number of benzene rings is 2. The third-order valence-corrected chi connectivity index (χ3v) is 8.17. The molecule has 8 heteroatoms. The lowest BCUT2D eigenvalue weighted by Crippen LogP contribution is -2.45. The lowest BCUT2D eigenvalue weighted by Gasteiger charge is -2.34. The van der Waals surface area contributed by atoms with Crippen LogP contribution in [0.3, 0.4) is 0 Å². The summed E-state index contributed by atoms with van der Waals surface area (Å²) in [6.07, 6.45) is 6.22. The summed E-state index contributed by atoms with van der Waals surface area (Å²) in [5.41, 5.74) is 5.79. The largest absolute Gasteiger partial charge is 0.371 e. The summed E-state index contributed by atoms with van der Waals surface area (Å²) in [5, 5.41) is 14.6. The van der Waals surface area contributed by atoms with Gasteiger partial charge in [-0.3, -0.25) is 4.79 Å². The third-order valence-electron chi connectivity index (χ3n) is 7.86. The molecule has 2 N–H and O–H groups in total. The van der Waals surface area contributed by atoms with Crippen LogP contribution in [-0.2, 0) is 4.79 Å². The predicted octanol–water partition coefficient (Wildman–Crippen LogP) is 5.54. The molecule has 3 heterocycles. The average Bonchev–Trinajstić information content (AvgIpc) is 3.40. The number of anilines is 2. The van der Waals surface area contributed by atoms with Gasteiger partial charge < -0.3 is 24.9 Å². The number of nitriles is 1. The Hall–Kier alpha value is -3.76. The first kappa shape index (κ1) is 25.9. The van der Waals surface area contributed by atoms with E-state index in [0.717, 1.165) is 91.6 Å². The summed E-state index contributed by atoms with van der Waals surface area (Å²) in [5.74, 6) is -0.101. The molecule has 5 rings (SSSR count). The minimum absolute atomic E-state index is 0.0322. The Morgan fingerprint density at radius 2 is 1.82 bits per heavy atom. The van der Waals surface area contributed by atoms with Gasteiger partial charge in [0.05, 0.1) is 27.4 Å². The Labute approximate surface area is 228 Å². The van der Waals surface area contributed by atoms with Crippen LogP contribution in [-0.4, -0.2) is 49.4 Å². The van der Waals surface area contributed by atoms with Gasteiger partial charge in [-0.1, -0.05) is 18.2 Å². The second kappa shape index (κ2) is 10.9. The predicted molar refractivity (Wildman–Crippen MR) is 153 cm³/mol. The van der Waals surface area contributed by atoms with Crippen LogP contribution < -0.4 is 15.1 Å². The summed E-state index contributed by atoms with van der Waals surface area (Å²) in [6, 6.07) is 11.7. The number of carbonyl (C=O) groups excluding carboxylic acids is 2. The molecular formula is C30H32ClN5O2. The molecule has 2 aliphatic rings. The van der Waals surface area contributed by atoms with Crippen molar-refractivity contribution in [3.63, 3.8) is 0 Å². The zero-order valence-electron chi connectivity index (χ0n) is 21.6. The van der Waals surface area contributed by atoms with Crippen molar-refractivity contribution >= 4 is 51.6 Å². The van der Waals surface area contributed by atoms with Crippen LogP contribution >= 0.6 is 11.6 Å². The Morgan fingerprint density at radius 3 is 2.47 bits per heavy atom. The Bertz CT molecular complexity index is 1420. The number of carbonyl (C=O) groups is 2. The SMILES string of the molecule is C=C(C)c1c[nH]c2c(N3CCC(NC(=O)c4ccc(N5CCC(C=O)CC5)cc4C#N)CC3)ccc(Cl)c12. The van der Waals surface area contributed by atoms with Gasteiger partial charge in [-0.2, -0.15) is 5.26 Å². The van der Waals surface area contributed by atoms with Crippen LogP contribution in [0.4, 0.5) is 11.4 Å². The van der Waals surface area contributed by atoms with E-state index in [0.29, 0.717) is 16.1 Å². The van der Waals surface area contributed by atoms with E-state index in [1.54, 1.807) is 12.1 Å². The number of nitrogens with zero attached hydrogens (tertiary/aromatic N) is 3. The summed E-state index contributed by atoms with van der Waals surface area (Å²) < 4.78 is 0. The van der Waals surface area contributed by atoms with Crippen LogP contribution in [0.1, 0.15) is 54.1 Å². The van der Waals surface area contributed by atoms with Crippen molar-refractivity contribution in [2.45, 2.75) is 38.6 Å². The first-order valence-electron chi connectivity index (χ1n) is 13.1. The number of rotatable bonds is 6. The molecule has 1 amide bonds. The number of allylic oxidation sites excluding steroid dienone is 1. The molecule has 2 fully saturated rings. The molecule has 2 saturated heterocycles. The zero-order valence-corrected chi connectivity index (χ0v) is 22.4. The van der Waals surface area contributed by atoms with E-state index in [1.807, 2.05) is 31.3 Å². The van der Waals surface area contributed by atoms with Crippen molar-refractivity contribution < 1.29 is 9.59 Å². The molecule has 0 spiro atoms. The Balaban J connectivity index is 1.23. The lowest BCUT2D eigenvalue weighted by molar-refractivity contribution is -0.111. The van der Waals surface area contributed by atoms with E-state index in [2.05, 4.69) is 32.7 Å². The van der Waals surface area contributed by atoms with Gasteiger partial charge in [0.15, 0.2) is 0 Å². The number of nitrogens with one attached hydrogen (secondary N) is 2. The molecule has 2 aromatic carbocycles. The quantitative estimate of drug-likeness (QED) is 0.409. The first-order chi connectivity index (χ1) is 18.4. The summed E-state index contributed by atoms with van der Waals surface area (Å²) in [4.78, 5) is 32.1. The Kier molecular flexibility index (Phi) is 7.44. The highest BCUT2D eigenvalue weighted by Gasteiger charge is 2.25. The van der Waals surface area contributed by atoms with E-state index >= 15 is 0 Å². The molecule has 1 aromatic heterocycles. The fourth-order valence-corrected chi connectivity index (χ4v) is 5.89. The van der Waals surface area contributed by atoms with E-state index in [9.17, 15) is 14.9 Å². The molecule has 2 aliphatic heterocycles. The van der Waals surface area contributed by atoms with E-state index in [1.165, 1.54) is 0 Å². The van der Waals surface area contributed by atoms with Crippen molar-refractivity contribution in [3.05, 3.63) is 64.8 Å². The monoisotopic (exact) mass is 529 g/mol. The normalized spacial score (nSPS) is 16.9. The van der Waals surface area contributed by atoms with Gasteiger partial charge in [0.1, 0.15) is 12.4 Å². The van der Waals surface area contributed by atoms with E-state index < -0.39 is 0 Å². The number of hydrogen-bond donors (Lipinski definition) is 2. The highest BCUT2D eigenvalue weighted by Crippen LogP contribution is 2.37. The number of aromatic nitrogens is 1. The Morgan fingerprint density at radius 1 is 1.11 bits per heavy atom.